The predicted octanol–water partition coefficient (Wildman–Crippen LogP) is 6.82. The third kappa shape index (κ3) is 7.94. The number of ether oxygens (including phenoxy) is 3. The number of hydrogen-bond donors (Lipinski definition) is 2. The van der Waals surface area contributed by atoms with Gasteiger partial charge in [-0.3, -0.25) is 0 Å². The van der Waals surface area contributed by atoms with Gasteiger partial charge < -0.3 is 24.4 Å². The largest absolute Gasteiger partial charge is 0.392 e. The molecule has 0 spiro atoms. The highest BCUT2D eigenvalue weighted by molar-refractivity contribution is 5.47. The lowest BCUT2D eigenvalue weighted by Gasteiger charge is -2.38. The van der Waals surface area contributed by atoms with Crippen molar-refractivity contribution in [2.24, 2.45) is 17.8 Å². The van der Waals surface area contributed by atoms with E-state index in [9.17, 15) is 10.2 Å². The summed E-state index contributed by atoms with van der Waals surface area (Å²) in [5, 5.41) is 22.4. The van der Waals surface area contributed by atoms with Gasteiger partial charge in [0.15, 0.2) is 0 Å². The van der Waals surface area contributed by atoms with Gasteiger partial charge in [0.05, 0.1) is 32.0 Å². The fraction of sp³-hybridized carbons (Fsp3) is 0.351. The van der Waals surface area contributed by atoms with Gasteiger partial charge in [0.2, 0.25) is 0 Å². The molecule has 0 aliphatic carbocycles. The van der Waals surface area contributed by atoms with Crippen LogP contribution in [0.2, 0.25) is 0 Å². The molecule has 0 heterocycles. The van der Waals surface area contributed by atoms with Gasteiger partial charge in [-0.1, -0.05) is 142 Å². The van der Waals surface area contributed by atoms with Gasteiger partial charge in [0.1, 0.15) is 12.4 Å². The van der Waals surface area contributed by atoms with Crippen LogP contribution >= 0.6 is 0 Å². The molecular weight excluding hydrogens is 524 g/mol. The number of hydrogen-bond acceptors (Lipinski definition) is 5. The summed E-state index contributed by atoms with van der Waals surface area (Å²) in [6.07, 6.45) is -1.53. The standard InChI is InChI=1S/C37H44O5/c1-28(24-40-27-41-26-31-16-8-4-9-17-31)35(38)30(3)36(39)29(2)25-42-37(32-18-10-5-11-19-32,33-20-12-6-13-21-33)34-22-14-7-15-23-34/h4-23,28-30,35-36,38-39H,24-27H2,1-3H3/t28-,29+,30+,35+,36-/m0/s1. The molecule has 5 nitrogen and oxygen atoms in total. The van der Waals surface area contributed by atoms with Crippen molar-refractivity contribution in [1.82, 2.24) is 0 Å². The van der Waals surface area contributed by atoms with Crippen LogP contribution in [-0.4, -0.2) is 42.4 Å². The molecule has 0 aliphatic heterocycles. The molecule has 0 bridgehead atoms. The summed E-state index contributed by atoms with van der Waals surface area (Å²) in [5.74, 6) is -0.806. The van der Waals surface area contributed by atoms with E-state index in [1.165, 1.54) is 0 Å². The molecule has 4 aromatic rings. The Morgan fingerprint density at radius 2 is 0.952 bits per heavy atom. The monoisotopic (exact) mass is 568 g/mol. The molecule has 222 valence electrons. The highest BCUT2D eigenvalue weighted by Crippen LogP contribution is 2.41. The molecule has 0 saturated heterocycles. The lowest BCUT2D eigenvalue weighted by atomic mass is 9.79. The number of aliphatic hydroxyl groups excluding tert-OH is 2. The van der Waals surface area contributed by atoms with Gasteiger partial charge in [0, 0.05) is 17.8 Å². The molecule has 2 N–H and O–H groups in total. The van der Waals surface area contributed by atoms with Crippen LogP contribution in [0.25, 0.3) is 0 Å². The van der Waals surface area contributed by atoms with Gasteiger partial charge in [-0.05, 0) is 22.3 Å². The fourth-order valence-electron chi connectivity index (χ4n) is 5.49. The number of aliphatic hydroxyl groups is 2. The molecule has 42 heavy (non-hydrogen) atoms. The Labute approximate surface area is 250 Å². The Hall–Kier alpha value is -3.32. The molecule has 4 aromatic carbocycles. The molecule has 0 unspecified atom stereocenters. The minimum absolute atomic E-state index is 0.147. The van der Waals surface area contributed by atoms with E-state index in [1.807, 2.05) is 106 Å². The minimum Gasteiger partial charge on any atom is -0.392 e. The van der Waals surface area contributed by atoms with Gasteiger partial charge in [-0.25, -0.2) is 0 Å². The molecule has 0 saturated carbocycles. The second-order valence-corrected chi connectivity index (χ2v) is 11.2. The molecule has 0 aliphatic rings. The summed E-state index contributed by atoms with van der Waals surface area (Å²) < 4.78 is 18.2. The van der Waals surface area contributed by atoms with E-state index in [4.69, 9.17) is 14.2 Å². The van der Waals surface area contributed by atoms with Crippen LogP contribution < -0.4 is 0 Å². The zero-order valence-corrected chi connectivity index (χ0v) is 24.9. The first-order valence-electron chi connectivity index (χ1n) is 14.8. The van der Waals surface area contributed by atoms with E-state index in [-0.39, 0.29) is 31.2 Å². The maximum Gasteiger partial charge on any atom is 0.147 e. The minimum atomic E-state index is -0.861. The molecule has 5 atom stereocenters. The van der Waals surface area contributed by atoms with Crippen molar-refractivity contribution in [3.05, 3.63) is 144 Å². The molecule has 4 rings (SSSR count). The Morgan fingerprint density at radius 1 is 0.548 bits per heavy atom. The van der Waals surface area contributed by atoms with E-state index in [0.717, 1.165) is 22.3 Å². The van der Waals surface area contributed by atoms with Crippen molar-refractivity contribution in [2.75, 3.05) is 20.0 Å². The van der Waals surface area contributed by atoms with Crippen LogP contribution in [0.5, 0.6) is 0 Å². The lowest BCUT2D eigenvalue weighted by molar-refractivity contribution is -0.102. The Morgan fingerprint density at radius 3 is 1.40 bits per heavy atom. The van der Waals surface area contributed by atoms with Crippen molar-refractivity contribution in [3.8, 4) is 0 Å². The van der Waals surface area contributed by atoms with E-state index >= 15 is 0 Å². The average molecular weight is 569 g/mol. The SMILES string of the molecule is C[C@@H]([C@@H](O)[C@H](C)COC(c1ccccc1)(c1ccccc1)c1ccccc1)[C@H](O)[C@@H](C)COCOCc1ccccc1. The van der Waals surface area contributed by atoms with Gasteiger partial charge >= 0.3 is 0 Å². The Kier molecular flexibility index (Phi) is 11.9. The summed E-state index contributed by atoms with van der Waals surface area (Å²) in [6.45, 7) is 7.02. The predicted molar refractivity (Wildman–Crippen MR) is 167 cm³/mol. The molecule has 0 amide bonds. The maximum absolute atomic E-state index is 11.3. The highest BCUT2D eigenvalue weighted by Gasteiger charge is 2.39. The quantitative estimate of drug-likeness (QED) is 0.0882. The van der Waals surface area contributed by atoms with Crippen LogP contribution in [0.1, 0.15) is 43.0 Å². The molecular formula is C37H44O5. The van der Waals surface area contributed by atoms with Crippen molar-refractivity contribution < 1.29 is 24.4 Å². The van der Waals surface area contributed by atoms with Crippen molar-refractivity contribution in [3.63, 3.8) is 0 Å². The topological polar surface area (TPSA) is 68.2 Å². The smallest absolute Gasteiger partial charge is 0.147 e. The van der Waals surface area contributed by atoms with Crippen molar-refractivity contribution in [2.45, 2.75) is 45.2 Å². The van der Waals surface area contributed by atoms with Crippen LogP contribution in [-0.2, 0) is 26.4 Å². The first-order valence-corrected chi connectivity index (χ1v) is 14.8. The fourth-order valence-corrected chi connectivity index (χ4v) is 5.49. The Bertz CT molecular complexity index is 1190. The highest BCUT2D eigenvalue weighted by atomic mass is 16.7. The van der Waals surface area contributed by atoms with Gasteiger partial charge in [0.25, 0.3) is 0 Å². The summed E-state index contributed by atoms with van der Waals surface area (Å²) in [6, 6.07) is 40.5. The lowest BCUT2D eigenvalue weighted by Crippen LogP contribution is -2.42. The first-order chi connectivity index (χ1) is 20.4. The molecule has 5 heteroatoms. The average Bonchev–Trinajstić information content (AvgIpc) is 3.05. The number of benzene rings is 4. The van der Waals surface area contributed by atoms with Crippen LogP contribution in [0.4, 0.5) is 0 Å². The first kappa shape index (κ1) is 31.6. The maximum atomic E-state index is 11.3. The third-order valence-corrected chi connectivity index (χ3v) is 8.01. The molecule has 0 aromatic heterocycles. The molecule has 0 fully saturated rings. The molecule has 0 radical (unpaired) electrons. The summed E-state index contributed by atoms with van der Waals surface area (Å²) in [7, 11) is 0. The van der Waals surface area contributed by atoms with Crippen LogP contribution in [0, 0.1) is 17.8 Å². The van der Waals surface area contributed by atoms with Gasteiger partial charge in [-0.2, -0.15) is 0 Å². The third-order valence-electron chi connectivity index (χ3n) is 8.01. The summed E-state index contributed by atoms with van der Waals surface area (Å²) in [5.41, 5.74) is 3.26. The second kappa shape index (κ2) is 15.8. The summed E-state index contributed by atoms with van der Waals surface area (Å²) >= 11 is 0. The van der Waals surface area contributed by atoms with Gasteiger partial charge in [-0.15, -0.1) is 0 Å². The van der Waals surface area contributed by atoms with Crippen molar-refractivity contribution in [1.29, 1.82) is 0 Å². The zero-order valence-electron chi connectivity index (χ0n) is 24.9. The summed E-state index contributed by atoms with van der Waals surface area (Å²) in [4.78, 5) is 0. The Balaban J connectivity index is 1.40. The van der Waals surface area contributed by atoms with E-state index in [2.05, 4.69) is 36.4 Å². The van der Waals surface area contributed by atoms with Crippen molar-refractivity contribution >= 4 is 0 Å². The van der Waals surface area contributed by atoms with E-state index in [1.54, 1.807) is 0 Å². The van der Waals surface area contributed by atoms with E-state index in [0.29, 0.717) is 13.2 Å². The second-order valence-electron chi connectivity index (χ2n) is 11.2. The number of rotatable bonds is 16. The normalized spacial score (nSPS) is 15.5. The zero-order chi connectivity index (χ0) is 29.8. The van der Waals surface area contributed by atoms with E-state index < -0.39 is 17.8 Å². The van der Waals surface area contributed by atoms with Crippen LogP contribution in [0.15, 0.2) is 121 Å². The van der Waals surface area contributed by atoms with Crippen LogP contribution in [0.3, 0.4) is 0 Å².